The Kier molecular flexibility index (Phi) is 32.6. The Morgan fingerprint density at radius 1 is 0.458 bits per heavy atom. The number of halogens is 1. The molecule has 0 bridgehead atoms. The number of aromatic nitrogens is 6. The van der Waals surface area contributed by atoms with Crippen molar-refractivity contribution >= 4 is 99.3 Å². The Labute approximate surface area is 623 Å². The fourth-order valence-corrected chi connectivity index (χ4v) is 11.3. The highest BCUT2D eigenvalue weighted by Gasteiger charge is 2.33. The molecule has 0 radical (unpaired) electrons. The van der Waals surface area contributed by atoms with Crippen LogP contribution in [-0.4, -0.2) is 225 Å². The van der Waals surface area contributed by atoms with Gasteiger partial charge in [-0.2, -0.15) is 0 Å². The van der Waals surface area contributed by atoms with E-state index in [9.17, 15) is 43.2 Å². The van der Waals surface area contributed by atoms with Crippen LogP contribution in [0.5, 0.6) is 0 Å². The van der Waals surface area contributed by atoms with E-state index >= 15 is 0 Å². The summed E-state index contributed by atoms with van der Waals surface area (Å²) in [5.74, 6) is -3.31. The minimum absolute atomic E-state index is 0.00593. The number of hydrogen-bond donors (Lipinski definition) is 10. The first-order valence-electron chi connectivity index (χ1n) is 34.7. The van der Waals surface area contributed by atoms with Crippen molar-refractivity contribution in [2.75, 3.05) is 163 Å². The van der Waals surface area contributed by atoms with Gasteiger partial charge in [0.25, 0.3) is 29.5 Å². The fraction of sp³-hybridized carbons (Fsp3) is 0.431. The number of ether oxygens (including phenoxy) is 8. The topological polar surface area (TPSA) is 405 Å². The number of rotatable bonds is 45. The number of fused-ring (bicyclic) bond motifs is 1. The van der Waals surface area contributed by atoms with Crippen LogP contribution in [0.25, 0.3) is 11.1 Å². The monoisotopic (exact) mass is 1500 g/mol. The van der Waals surface area contributed by atoms with Crippen LogP contribution in [0.1, 0.15) is 97.3 Å². The standard InChI is InChI=1S/C72H93ClN16O18/c1-47-39-57(78-53-14-12-52(73)13-15-53)56-40-51(11-16-58(56)89(47)48(2)90)49-7-9-50(10-8-49)67(93)75-21-23-100-25-27-102-29-31-104-33-35-106-37-38-107-36-34-105-32-30-103-28-26-101-24-22-76-69(95)60-42-55(44-86(60)4)80-71(97)65-83-61(45-87(65)5)81-63(91)17-19-74-68(94)59-41-54(43-85(59)3)79-70(96)66-84-62(46-88(66)6)82-64(92)18-20-77-72(98)99/h7-16,40-47,57,77-78H,17-39H2,1-6H3,(H,74,94)(H,75,93)(H,76,95)(H,79,96)(H,80,97)(H,81,91)(H,82,92)(H,98,99)/t47-,57+/m0/s1. The quantitative estimate of drug-likeness (QED) is 0.0208. The van der Waals surface area contributed by atoms with Crippen molar-refractivity contribution in [1.82, 2.24) is 49.5 Å². The normalized spacial score (nSPS) is 13.1. The zero-order valence-corrected chi connectivity index (χ0v) is 61.4. The molecule has 7 aromatic rings. The number of imidazole rings is 2. The summed E-state index contributed by atoms with van der Waals surface area (Å²) in [5, 5.41) is 33.9. The van der Waals surface area contributed by atoms with E-state index < -0.39 is 41.5 Å². The average molecular weight is 1510 g/mol. The number of nitrogens with one attached hydrogen (secondary N) is 9. The zero-order valence-electron chi connectivity index (χ0n) is 60.6. The van der Waals surface area contributed by atoms with Gasteiger partial charge in [0, 0.05) is 127 Å². The van der Waals surface area contributed by atoms with Gasteiger partial charge in [-0.15, -0.1) is 0 Å². The first kappa shape index (κ1) is 82.1. The maximum Gasteiger partial charge on any atom is 0.404 e. The molecule has 576 valence electrons. The van der Waals surface area contributed by atoms with E-state index in [0.717, 1.165) is 34.5 Å². The van der Waals surface area contributed by atoms with Crippen LogP contribution in [0, 0.1) is 0 Å². The SMILES string of the molecule is CC(=O)N1c2ccc(-c3ccc(C(=O)NCCOCCOCCOCCOCCOCCOCCOCCOCCNC(=O)c4cc(NC(=O)c5nc(NC(=O)CCNC(=O)c6cc(NC(=O)c7nc(NC(=O)CCNC(=O)O)cn7C)cn6C)cn5C)cn4C)cc3)cc2[C@H](Nc2ccc(Cl)cc2)C[C@@H]1C. The summed E-state index contributed by atoms with van der Waals surface area (Å²) in [7, 11) is 6.36. The highest BCUT2D eigenvalue weighted by atomic mass is 35.5. The smallest absolute Gasteiger partial charge is 0.404 e. The number of carbonyl (C=O) groups excluding carboxylic acids is 8. The van der Waals surface area contributed by atoms with E-state index in [1.165, 1.54) is 44.4 Å². The van der Waals surface area contributed by atoms with Crippen molar-refractivity contribution in [2.24, 2.45) is 28.2 Å². The third-order valence-corrected chi connectivity index (χ3v) is 16.6. The van der Waals surface area contributed by atoms with Crippen LogP contribution in [0.3, 0.4) is 0 Å². The Hall–Kier alpha value is -10.6. The fourth-order valence-electron chi connectivity index (χ4n) is 11.2. The van der Waals surface area contributed by atoms with Gasteiger partial charge in [0.05, 0.1) is 123 Å². The molecule has 35 heteroatoms. The molecule has 0 aliphatic carbocycles. The number of benzene rings is 3. The van der Waals surface area contributed by atoms with Crippen LogP contribution >= 0.6 is 11.6 Å². The van der Waals surface area contributed by atoms with Crippen LogP contribution in [-0.2, 0) is 80.5 Å². The second-order valence-electron chi connectivity index (χ2n) is 24.5. The van der Waals surface area contributed by atoms with Crippen molar-refractivity contribution in [3.63, 3.8) is 0 Å². The summed E-state index contributed by atoms with van der Waals surface area (Å²) >= 11 is 6.13. The third-order valence-electron chi connectivity index (χ3n) is 16.3. The minimum Gasteiger partial charge on any atom is -0.465 e. The number of nitrogens with zero attached hydrogens (tertiary/aromatic N) is 7. The Balaban J connectivity index is 0.566. The van der Waals surface area contributed by atoms with Gasteiger partial charge in [0.2, 0.25) is 29.4 Å². The molecular weight excluding hydrogens is 1410 g/mol. The summed E-state index contributed by atoms with van der Waals surface area (Å²) < 4.78 is 50.4. The number of hydrogen-bond acceptors (Lipinski definition) is 20. The van der Waals surface area contributed by atoms with E-state index in [4.69, 9.17) is 54.6 Å². The molecule has 10 N–H and O–H groups in total. The first-order valence-corrected chi connectivity index (χ1v) is 35.1. The second-order valence-corrected chi connectivity index (χ2v) is 24.9. The first-order chi connectivity index (χ1) is 51.6. The van der Waals surface area contributed by atoms with Gasteiger partial charge in [-0.1, -0.05) is 29.8 Å². The molecule has 9 amide bonds. The van der Waals surface area contributed by atoms with Gasteiger partial charge < -0.3 is 114 Å². The lowest BCUT2D eigenvalue weighted by Gasteiger charge is -2.39. The molecule has 3 aromatic carbocycles. The molecule has 5 heterocycles. The summed E-state index contributed by atoms with van der Waals surface area (Å²) in [5.41, 5.74) is 6.34. The van der Waals surface area contributed by atoms with Crippen LogP contribution in [0.15, 0.2) is 104 Å². The highest BCUT2D eigenvalue weighted by Crippen LogP contribution is 2.41. The van der Waals surface area contributed by atoms with Gasteiger partial charge in [0.15, 0.2) is 11.6 Å². The van der Waals surface area contributed by atoms with Gasteiger partial charge >= 0.3 is 6.09 Å². The molecule has 8 rings (SSSR count). The van der Waals surface area contributed by atoms with Crippen LogP contribution < -0.4 is 52.8 Å². The minimum atomic E-state index is -1.26. The molecule has 107 heavy (non-hydrogen) atoms. The number of aryl methyl sites for hydroxylation is 4. The van der Waals surface area contributed by atoms with Gasteiger partial charge in [0.1, 0.15) is 11.4 Å². The number of carbonyl (C=O) groups is 9. The summed E-state index contributed by atoms with van der Waals surface area (Å²) in [6.07, 6.45) is 5.10. The molecule has 0 saturated heterocycles. The number of amides is 9. The Bertz CT molecular complexity index is 4120. The summed E-state index contributed by atoms with van der Waals surface area (Å²) in [6.45, 7) is 9.99. The predicted octanol–water partition coefficient (Wildman–Crippen LogP) is 5.60. The number of anilines is 6. The Morgan fingerprint density at radius 2 is 0.869 bits per heavy atom. The molecular formula is C72H93ClN16O18. The van der Waals surface area contributed by atoms with Crippen molar-refractivity contribution in [3.8, 4) is 11.1 Å². The summed E-state index contributed by atoms with van der Waals surface area (Å²) in [6, 6.07) is 24.1. The zero-order chi connectivity index (χ0) is 76.6. The molecule has 2 atom stereocenters. The lowest BCUT2D eigenvalue weighted by molar-refractivity contribution is -0.117. The van der Waals surface area contributed by atoms with Crippen LogP contribution in [0.4, 0.5) is 39.2 Å². The molecule has 1 aliphatic heterocycles. The molecule has 0 spiro atoms. The molecule has 34 nitrogen and oxygen atoms in total. The van der Waals surface area contributed by atoms with Crippen LogP contribution in [0.2, 0.25) is 5.02 Å². The predicted molar refractivity (Wildman–Crippen MR) is 396 cm³/mol. The van der Waals surface area contributed by atoms with Gasteiger partial charge in [-0.25, -0.2) is 14.8 Å². The third kappa shape index (κ3) is 26.5. The average Bonchev–Trinajstić information content (AvgIpc) is 1.63. The maximum atomic E-state index is 13.3. The molecule has 0 fully saturated rings. The van der Waals surface area contributed by atoms with E-state index in [-0.39, 0.29) is 103 Å². The van der Waals surface area contributed by atoms with Gasteiger partial charge in [-0.05, 0) is 90.7 Å². The van der Waals surface area contributed by atoms with Crippen molar-refractivity contribution < 1.29 is 86.2 Å². The molecule has 1 aliphatic rings. The van der Waals surface area contributed by atoms with E-state index in [1.54, 1.807) is 58.0 Å². The maximum absolute atomic E-state index is 13.3. The highest BCUT2D eigenvalue weighted by molar-refractivity contribution is 6.30. The van der Waals surface area contributed by atoms with E-state index in [2.05, 4.69) is 70.8 Å². The molecule has 4 aromatic heterocycles. The molecule has 0 unspecified atom stereocenters. The Morgan fingerprint density at radius 3 is 1.31 bits per heavy atom. The van der Waals surface area contributed by atoms with E-state index in [0.29, 0.717) is 122 Å². The lowest BCUT2D eigenvalue weighted by Crippen LogP contribution is -2.43. The lowest BCUT2D eigenvalue weighted by atomic mass is 9.88. The molecule has 0 saturated carbocycles. The van der Waals surface area contributed by atoms with E-state index in [1.807, 2.05) is 53.4 Å². The van der Waals surface area contributed by atoms with Crippen molar-refractivity contribution in [3.05, 3.63) is 143 Å². The van der Waals surface area contributed by atoms with Crippen molar-refractivity contribution in [1.29, 1.82) is 0 Å². The second kappa shape index (κ2) is 42.5. The largest absolute Gasteiger partial charge is 0.465 e. The summed E-state index contributed by atoms with van der Waals surface area (Å²) in [4.78, 5) is 124. The number of carboxylic acid groups (broad SMARTS) is 1. The van der Waals surface area contributed by atoms with Gasteiger partial charge in [-0.3, -0.25) is 38.4 Å². The van der Waals surface area contributed by atoms with Crippen molar-refractivity contribution in [2.45, 2.75) is 45.2 Å².